The van der Waals surface area contributed by atoms with Gasteiger partial charge in [0.05, 0.1) is 0 Å². The zero-order valence-corrected chi connectivity index (χ0v) is 11.1. The van der Waals surface area contributed by atoms with Gasteiger partial charge >= 0.3 is 5.95 Å². The molecule has 0 radical (unpaired) electrons. The lowest BCUT2D eigenvalue weighted by Crippen LogP contribution is -2.19. The maximum absolute atomic E-state index is 11.7. The molecule has 98 valence electrons. The van der Waals surface area contributed by atoms with Crippen LogP contribution in [0.25, 0.3) is 0 Å². The number of benzene rings is 1. The Hall–Kier alpha value is -2.29. The van der Waals surface area contributed by atoms with E-state index in [0.29, 0.717) is 5.69 Å². The molecule has 1 amide bonds. The third-order valence-corrected chi connectivity index (χ3v) is 2.72. The molecule has 0 saturated heterocycles. The van der Waals surface area contributed by atoms with Crippen LogP contribution in [0.2, 0.25) is 0 Å². The maximum Gasteiger partial charge on any atom is 0.492 e. The number of nitro groups is 1. The highest BCUT2D eigenvalue weighted by atomic mass is 79.9. The molecule has 19 heavy (non-hydrogen) atoms. The topological polar surface area (TPSA) is 103 Å². The number of hydrogen-bond acceptors (Lipinski definition) is 5. The van der Waals surface area contributed by atoms with Crippen LogP contribution in [0.4, 0.5) is 11.6 Å². The Bertz CT molecular complexity index is 613. The van der Waals surface area contributed by atoms with Crippen molar-refractivity contribution in [2.24, 2.45) is 0 Å². The van der Waals surface area contributed by atoms with Gasteiger partial charge in [0.25, 0.3) is 4.73 Å². The van der Waals surface area contributed by atoms with Gasteiger partial charge < -0.3 is 15.4 Å². The molecule has 0 spiro atoms. The minimum Gasteiger partial charge on any atom is -0.390 e. The van der Waals surface area contributed by atoms with Crippen LogP contribution in [-0.4, -0.2) is 25.6 Å². The summed E-state index contributed by atoms with van der Waals surface area (Å²) in [4.78, 5) is 25.0. The second-order valence-corrected chi connectivity index (χ2v) is 4.22. The van der Waals surface area contributed by atoms with Crippen molar-refractivity contribution in [1.82, 2.24) is 14.8 Å². The molecule has 0 atom stereocenters. The second-order valence-electron chi connectivity index (χ2n) is 3.51. The summed E-state index contributed by atoms with van der Waals surface area (Å²) in [6.45, 7) is -0.170. The van der Waals surface area contributed by atoms with Gasteiger partial charge in [-0.3, -0.25) is 4.79 Å². The minimum atomic E-state index is -0.726. The molecular formula is C10H8BrN5O3. The first-order valence-electron chi connectivity index (χ1n) is 5.16. The predicted molar refractivity (Wildman–Crippen MR) is 69.4 cm³/mol. The minimum absolute atomic E-state index is 0.127. The van der Waals surface area contributed by atoms with E-state index in [1.165, 1.54) is 0 Å². The van der Waals surface area contributed by atoms with E-state index in [4.69, 9.17) is 0 Å². The Labute approximate surface area is 115 Å². The van der Waals surface area contributed by atoms with E-state index < -0.39 is 10.9 Å². The van der Waals surface area contributed by atoms with Gasteiger partial charge in [0.1, 0.15) is 6.54 Å². The molecule has 0 saturated carbocycles. The first-order valence-corrected chi connectivity index (χ1v) is 5.95. The van der Waals surface area contributed by atoms with Crippen molar-refractivity contribution < 1.29 is 9.72 Å². The number of anilines is 1. The molecule has 1 aromatic carbocycles. The number of para-hydroxylation sites is 1. The summed E-state index contributed by atoms with van der Waals surface area (Å²) in [5, 5.41) is 16.7. The van der Waals surface area contributed by atoms with E-state index in [-0.39, 0.29) is 17.2 Å². The zero-order valence-electron chi connectivity index (χ0n) is 9.49. The van der Waals surface area contributed by atoms with Crippen LogP contribution >= 0.6 is 15.9 Å². The highest BCUT2D eigenvalue weighted by Gasteiger charge is 2.21. The highest BCUT2D eigenvalue weighted by Crippen LogP contribution is 2.12. The van der Waals surface area contributed by atoms with E-state index in [2.05, 4.69) is 31.3 Å². The summed E-state index contributed by atoms with van der Waals surface area (Å²) in [6.07, 6.45) is 0. The van der Waals surface area contributed by atoms with Crippen molar-refractivity contribution in [2.75, 3.05) is 5.32 Å². The Balaban J connectivity index is 2.05. The maximum atomic E-state index is 11.7. The number of nitrogens with zero attached hydrogens (tertiary/aromatic N) is 4. The SMILES string of the molecule is O=C(Cn1nc([N+](=O)[O-])nc1Br)Nc1ccccc1. The number of rotatable bonds is 4. The molecule has 0 aliphatic rings. The summed E-state index contributed by atoms with van der Waals surface area (Å²) < 4.78 is 1.23. The number of aromatic nitrogens is 3. The van der Waals surface area contributed by atoms with Gasteiger partial charge in [-0.2, -0.15) is 4.68 Å². The van der Waals surface area contributed by atoms with Crippen LogP contribution in [-0.2, 0) is 11.3 Å². The van der Waals surface area contributed by atoms with Crippen LogP contribution in [0, 0.1) is 10.1 Å². The van der Waals surface area contributed by atoms with Crippen LogP contribution < -0.4 is 5.32 Å². The van der Waals surface area contributed by atoms with E-state index in [1.807, 2.05) is 6.07 Å². The number of nitrogens with one attached hydrogen (secondary N) is 1. The number of carbonyl (C=O) groups is 1. The van der Waals surface area contributed by atoms with Crippen molar-refractivity contribution in [3.8, 4) is 0 Å². The summed E-state index contributed by atoms with van der Waals surface area (Å²) >= 11 is 3.00. The number of hydrogen-bond donors (Lipinski definition) is 1. The molecule has 8 nitrogen and oxygen atoms in total. The second kappa shape index (κ2) is 5.57. The Morgan fingerprint density at radius 1 is 1.42 bits per heavy atom. The van der Waals surface area contributed by atoms with Crippen molar-refractivity contribution in [3.63, 3.8) is 0 Å². The van der Waals surface area contributed by atoms with Crippen molar-refractivity contribution >= 4 is 33.5 Å². The van der Waals surface area contributed by atoms with Crippen LogP contribution in [0.5, 0.6) is 0 Å². The highest BCUT2D eigenvalue weighted by molar-refractivity contribution is 9.10. The van der Waals surface area contributed by atoms with Gasteiger partial charge in [-0.15, -0.1) is 0 Å². The van der Waals surface area contributed by atoms with Crippen LogP contribution in [0.1, 0.15) is 0 Å². The molecular weight excluding hydrogens is 318 g/mol. The molecule has 0 unspecified atom stereocenters. The van der Waals surface area contributed by atoms with Gasteiger partial charge in [-0.05, 0) is 22.0 Å². The Morgan fingerprint density at radius 2 is 2.11 bits per heavy atom. The molecule has 1 heterocycles. The average molecular weight is 326 g/mol. The van der Waals surface area contributed by atoms with Crippen molar-refractivity contribution in [2.45, 2.75) is 6.54 Å². The fraction of sp³-hybridized carbons (Fsp3) is 0.100. The first kappa shape index (κ1) is 13.1. The lowest BCUT2D eigenvalue weighted by Gasteiger charge is -2.03. The van der Waals surface area contributed by atoms with E-state index in [1.54, 1.807) is 24.3 Å². The normalized spacial score (nSPS) is 10.2. The van der Waals surface area contributed by atoms with Gasteiger partial charge in [0, 0.05) is 26.7 Å². The first-order chi connectivity index (χ1) is 9.06. The monoisotopic (exact) mass is 325 g/mol. The van der Waals surface area contributed by atoms with Crippen LogP contribution in [0.15, 0.2) is 35.1 Å². The fourth-order valence-electron chi connectivity index (χ4n) is 1.35. The third-order valence-electron chi connectivity index (χ3n) is 2.13. The molecule has 2 rings (SSSR count). The molecule has 0 aliphatic carbocycles. The summed E-state index contributed by atoms with van der Waals surface area (Å²) in [5.41, 5.74) is 0.637. The van der Waals surface area contributed by atoms with E-state index in [0.717, 1.165) is 4.68 Å². The number of amides is 1. The molecule has 9 heteroatoms. The average Bonchev–Trinajstić information content (AvgIpc) is 2.72. The van der Waals surface area contributed by atoms with Gasteiger partial charge in [-0.25, -0.2) is 0 Å². The molecule has 0 fully saturated rings. The standard InChI is InChI=1S/C10H8BrN5O3/c11-9-13-10(16(18)19)14-15(9)6-8(17)12-7-4-2-1-3-5-7/h1-5H,6H2,(H,12,17). The summed E-state index contributed by atoms with van der Waals surface area (Å²) in [5.74, 6) is -0.911. The summed E-state index contributed by atoms with van der Waals surface area (Å²) in [6, 6.07) is 8.86. The number of carbonyl (C=O) groups excluding carboxylic acids is 1. The smallest absolute Gasteiger partial charge is 0.390 e. The van der Waals surface area contributed by atoms with E-state index >= 15 is 0 Å². The molecule has 0 aliphatic heterocycles. The lowest BCUT2D eigenvalue weighted by atomic mass is 10.3. The van der Waals surface area contributed by atoms with Crippen molar-refractivity contribution in [3.05, 3.63) is 45.2 Å². The Kier molecular flexibility index (Phi) is 3.85. The zero-order chi connectivity index (χ0) is 13.8. The fourth-order valence-corrected chi connectivity index (χ4v) is 1.71. The van der Waals surface area contributed by atoms with Gasteiger partial charge in [-0.1, -0.05) is 18.2 Å². The molecule has 0 bridgehead atoms. The molecule has 1 N–H and O–H groups in total. The van der Waals surface area contributed by atoms with E-state index in [9.17, 15) is 14.9 Å². The van der Waals surface area contributed by atoms with Gasteiger partial charge in [0.2, 0.25) is 5.91 Å². The number of halogens is 1. The Morgan fingerprint density at radius 3 is 2.68 bits per heavy atom. The van der Waals surface area contributed by atoms with Gasteiger partial charge in [0.15, 0.2) is 0 Å². The van der Waals surface area contributed by atoms with Crippen LogP contribution in [0.3, 0.4) is 0 Å². The third kappa shape index (κ3) is 3.35. The summed E-state index contributed by atoms with van der Waals surface area (Å²) in [7, 11) is 0. The molecule has 1 aromatic heterocycles. The van der Waals surface area contributed by atoms with Crippen molar-refractivity contribution in [1.29, 1.82) is 0 Å². The molecule has 2 aromatic rings. The quantitative estimate of drug-likeness (QED) is 0.679. The lowest BCUT2D eigenvalue weighted by molar-refractivity contribution is -0.394. The largest absolute Gasteiger partial charge is 0.492 e. The predicted octanol–water partition coefficient (Wildman–Crippen LogP) is 1.59.